The van der Waals surface area contributed by atoms with Crippen LogP contribution < -0.4 is 5.73 Å². The van der Waals surface area contributed by atoms with Crippen molar-refractivity contribution in [3.05, 3.63) is 23.4 Å². The number of hydrogen-bond donors (Lipinski definition) is 1. The molecule has 2 aromatic rings. The summed E-state index contributed by atoms with van der Waals surface area (Å²) in [6.07, 6.45) is 2.89. The minimum absolute atomic E-state index is 0.260. The first-order valence-corrected chi connectivity index (χ1v) is 7.95. The van der Waals surface area contributed by atoms with E-state index in [9.17, 15) is 0 Å². The number of hydrogen-bond acceptors (Lipinski definition) is 5. The first-order chi connectivity index (χ1) is 9.50. The van der Waals surface area contributed by atoms with Crippen molar-refractivity contribution in [3.63, 3.8) is 0 Å². The summed E-state index contributed by atoms with van der Waals surface area (Å²) in [6, 6.07) is 4.00. The number of aryl methyl sites for hydroxylation is 1. The second-order valence-electron chi connectivity index (χ2n) is 6.17. The molecule has 0 aromatic carbocycles. The molecule has 5 heteroatoms. The van der Waals surface area contributed by atoms with Crippen molar-refractivity contribution >= 4 is 11.3 Å². The first-order valence-electron chi connectivity index (χ1n) is 7.07. The van der Waals surface area contributed by atoms with Gasteiger partial charge < -0.3 is 10.3 Å². The van der Waals surface area contributed by atoms with E-state index >= 15 is 0 Å². The Hall–Kier alpha value is -1.20. The lowest BCUT2D eigenvalue weighted by Gasteiger charge is -2.30. The van der Waals surface area contributed by atoms with Crippen molar-refractivity contribution in [2.75, 3.05) is 6.54 Å². The van der Waals surface area contributed by atoms with Gasteiger partial charge >= 0.3 is 0 Å². The van der Waals surface area contributed by atoms with Crippen LogP contribution in [0.25, 0.3) is 10.7 Å². The minimum atomic E-state index is 0.260. The highest BCUT2D eigenvalue weighted by molar-refractivity contribution is 7.13. The van der Waals surface area contributed by atoms with Crippen LogP contribution in [-0.2, 0) is 6.42 Å². The molecular formula is C15H23N3OS. The van der Waals surface area contributed by atoms with Crippen molar-refractivity contribution in [3.8, 4) is 10.7 Å². The van der Waals surface area contributed by atoms with Gasteiger partial charge in [-0.05, 0) is 42.2 Å². The van der Waals surface area contributed by atoms with Gasteiger partial charge in [-0.15, -0.1) is 11.3 Å². The number of nitrogens with two attached hydrogens (primary N) is 1. The Kier molecular flexibility index (Phi) is 4.94. The molecule has 0 fully saturated rings. The monoisotopic (exact) mass is 293 g/mol. The molecule has 0 amide bonds. The molecule has 1 atom stereocenters. The third-order valence-corrected chi connectivity index (χ3v) is 4.52. The van der Waals surface area contributed by atoms with Crippen LogP contribution in [0.3, 0.4) is 0 Å². The Labute approximate surface area is 124 Å². The molecule has 0 saturated heterocycles. The van der Waals surface area contributed by atoms with E-state index in [0.29, 0.717) is 11.7 Å². The van der Waals surface area contributed by atoms with Gasteiger partial charge in [0.15, 0.2) is 0 Å². The molecular weight excluding hydrogens is 270 g/mol. The Bertz CT molecular complexity index is 513. The van der Waals surface area contributed by atoms with Crippen molar-refractivity contribution < 1.29 is 4.52 Å². The number of aromatic nitrogens is 2. The summed E-state index contributed by atoms with van der Waals surface area (Å²) in [6.45, 7) is 7.51. The van der Waals surface area contributed by atoms with Crippen LogP contribution in [-0.4, -0.2) is 16.7 Å². The Morgan fingerprint density at radius 2 is 2.15 bits per heavy atom. The molecule has 0 radical (unpaired) electrons. The summed E-state index contributed by atoms with van der Waals surface area (Å²) < 4.78 is 5.34. The van der Waals surface area contributed by atoms with Crippen LogP contribution in [0, 0.1) is 11.3 Å². The second-order valence-corrected chi connectivity index (χ2v) is 7.12. The highest BCUT2D eigenvalue weighted by Crippen LogP contribution is 2.32. The minimum Gasteiger partial charge on any atom is -0.339 e. The van der Waals surface area contributed by atoms with Gasteiger partial charge in [0.05, 0.1) is 4.88 Å². The molecule has 2 aromatic heterocycles. The van der Waals surface area contributed by atoms with Crippen LogP contribution in [0.15, 0.2) is 22.0 Å². The molecule has 0 bridgehead atoms. The van der Waals surface area contributed by atoms with Crippen molar-refractivity contribution in [2.45, 2.75) is 40.0 Å². The third kappa shape index (κ3) is 3.90. The lowest BCUT2D eigenvalue weighted by Crippen LogP contribution is -2.24. The van der Waals surface area contributed by atoms with E-state index in [4.69, 9.17) is 10.3 Å². The topological polar surface area (TPSA) is 64.9 Å². The Morgan fingerprint density at radius 1 is 1.35 bits per heavy atom. The smallest absolute Gasteiger partial charge is 0.226 e. The zero-order valence-electron chi connectivity index (χ0n) is 12.4. The zero-order valence-corrected chi connectivity index (χ0v) is 13.2. The molecule has 4 nitrogen and oxygen atoms in total. The van der Waals surface area contributed by atoms with Gasteiger partial charge in [-0.1, -0.05) is 32.0 Å². The summed E-state index contributed by atoms with van der Waals surface area (Å²) >= 11 is 1.62. The van der Waals surface area contributed by atoms with E-state index in [2.05, 4.69) is 30.9 Å². The van der Waals surface area contributed by atoms with Crippen LogP contribution >= 0.6 is 11.3 Å². The SMILES string of the molecule is CC(C)(C)C(CCN)CCc1nc(-c2cccs2)no1. The van der Waals surface area contributed by atoms with Crippen LogP contribution in [0.5, 0.6) is 0 Å². The highest BCUT2D eigenvalue weighted by Gasteiger charge is 2.24. The fourth-order valence-electron chi connectivity index (χ4n) is 2.37. The first kappa shape index (κ1) is 15.2. The van der Waals surface area contributed by atoms with Crippen LogP contribution in [0.1, 0.15) is 39.5 Å². The number of rotatable bonds is 6. The van der Waals surface area contributed by atoms with Gasteiger partial charge in [0.2, 0.25) is 11.7 Å². The molecule has 1 unspecified atom stereocenters. The molecule has 2 N–H and O–H groups in total. The lowest BCUT2D eigenvalue weighted by atomic mass is 9.76. The molecule has 2 heterocycles. The summed E-state index contributed by atoms with van der Waals surface area (Å²) in [4.78, 5) is 5.52. The maximum Gasteiger partial charge on any atom is 0.226 e. The fraction of sp³-hybridized carbons (Fsp3) is 0.600. The van der Waals surface area contributed by atoms with Crippen LogP contribution in [0.4, 0.5) is 0 Å². The maximum atomic E-state index is 5.71. The largest absolute Gasteiger partial charge is 0.339 e. The average Bonchev–Trinajstić information content (AvgIpc) is 3.03. The Balaban J connectivity index is 1.97. The van der Waals surface area contributed by atoms with E-state index in [0.717, 1.165) is 36.6 Å². The molecule has 0 saturated carbocycles. The van der Waals surface area contributed by atoms with Gasteiger partial charge in [-0.25, -0.2) is 0 Å². The lowest BCUT2D eigenvalue weighted by molar-refractivity contribution is 0.208. The van der Waals surface area contributed by atoms with Gasteiger partial charge in [0, 0.05) is 6.42 Å². The molecule has 2 rings (SSSR count). The summed E-state index contributed by atoms with van der Waals surface area (Å²) in [5.41, 5.74) is 5.97. The molecule has 0 aliphatic rings. The van der Waals surface area contributed by atoms with Crippen molar-refractivity contribution in [1.29, 1.82) is 0 Å². The summed E-state index contributed by atoms with van der Waals surface area (Å²) in [5.74, 6) is 1.99. The van der Waals surface area contributed by atoms with Crippen molar-refractivity contribution in [1.82, 2.24) is 10.1 Å². The summed E-state index contributed by atoms with van der Waals surface area (Å²) in [5, 5.41) is 6.06. The van der Waals surface area contributed by atoms with E-state index in [1.165, 1.54) is 0 Å². The van der Waals surface area contributed by atoms with E-state index < -0.39 is 0 Å². The average molecular weight is 293 g/mol. The summed E-state index contributed by atoms with van der Waals surface area (Å²) in [7, 11) is 0. The van der Waals surface area contributed by atoms with E-state index in [1.54, 1.807) is 11.3 Å². The number of nitrogens with zero attached hydrogens (tertiary/aromatic N) is 2. The predicted octanol–water partition coefficient (Wildman–Crippen LogP) is 3.74. The van der Waals surface area contributed by atoms with Crippen molar-refractivity contribution in [2.24, 2.45) is 17.1 Å². The standard InChI is InChI=1S/C15H23N3OS/c1-15(2,3)11(8-9-16)6-7-13-17-14(18-19-13)12-5-4-10-20-12/h4-5,10-11H,6-9,16H2,1-3H3. The van der Waals surface area contributed by atoms with Gasteiger partial charge in [-0.2, -0.15) is 4.98 Å². The van der Waals surface area contributed by atoms with Gasteiger partial charge in [0.25, 0.3) is 0 Å². The normalized spacial score (nSPS) is 13.6. The highest BCUT2D eigenvalue weighted by atomic mass is 32.1. The molecule has 110 valence electrons. The number of thiophene rings is 1. The molecule has 0 aliphatic heterocycles. The van der Waals surface area contributed by atoms with Gasteiger partial charge in [-0.3, -0.25) is 0 Å². The Morgan fingerprint density at radius 3 is 2.75 bits per heavy atom. The quantitative estimate of drug-likeness (QED) is 0.881. The second kappa shape index (κ2) is 6.50. The van der Waals surface area contributed by atoms with Crippen LogP contribution in [0.2, 0.25) is 0 Å². The maximum absolute atomic E-state index is 5.71. The molecule has 20 heavy (non-hydrogen) atoms. The zero-order chi connectivity index (χ0) is 14.6. The molecule has 0 aliphatic carbocycles. The van der Waals surface area contributed by atoms with E-state index in [1.807, 2.05) is 17.5 Å². The molecule has 0 spiro atoms. The van der Waals surface area contributed by atoms with Gasteiger partial charge in [0.1, 0.15) is 0 Å². The third-order valence-electron chi connectivity index (χ3n) is 3.66. The van der Waals surface area contributed by atoms with E-state index in [-0.39, 0.29) is 5.41 Å². The fourth-order valence-corrected chi connectivity index (χ4v) is 3.02. The predicted molar refractivity (Wildman–Crippen MR) is 82.5 cm³/mol.